The van der Waals surface area contributed by atoms with Crippen molar-refractivity contribution in [2.24, 2.45) is 0 Å². The number of anilines is 3. The number of benzene rings is 2. The molecular weight excluding hydrogens is 334 g/mol. The van der Waals surface area contributed by atoms with E-state index in [0.29, 0.717) is 11.1 Å². The van der Waals surface area contributed by atoms with E-state index in [2.05, 4.69) is 16.0 Å². The second-order valence-electron chi connectivity index (χ2n) is 6.44. The molecule has 4 nitrogen and oxygen atoms in total. The lowest BCUT2D eigenvalue weighted by Crippen LogP contribution is -2.22. The van der Waals surface area contributed by atoms with Gasteiger partial charge in [-0.25, -0.2) is 0 Å². The van der Waals surface area contributed by atoms with Crippen molar-refractivity contribution in [3.63, 3.8) is 0 Å². The van der Waals surface area contributed by atoms with Gasteiger partial charge in [0.05, 0.1) is 17.3 Å². The third kappa shape index (κ3) is 5.40. The van der Waals surface area contributed by atoms with Crippen LogP contribution in [0.1, 0.15) is 32.1 Å². The van der Waals surface area contributed by atoms with Crippen molar-refractivity contribution < 1.29 is 4.79 Å². The molecular formula is C20H24ClN3O. The van der Waals surface area contributed by atoms with E-state index in [4.69, 9.17) is 11.6 Å². The minimum absolute atomic E-state index is 0.104. The van der Waals surface area contributed by atoms with Crippen LogP contribution in [0.5, 0.6) is 0 Å². The second kappa shape index (κ2) is 8.77. The zero-order chi connectivity index (χ0) is 17.5. The number of carbonyl (C=O) groups excluding carboxylic acids is 1. The van der Waals surface area contributed by atoms with E-state index in [1.807, 2.05) is 42.5 Å². The monoisotopic (exact) mass is 357 g/mol. The van der Waals surface area contributed by atoms with Crippen LogP contribution < -0.4 is 16.0 Å². The van der Waals surface area contributed by atoms with E-state index in [9.17, 15) is 4.79 Å². The number of halogens is 1. The van der Waals surface area contributed by atoms with Gasteiger partial charge in [0.1, 0.15) is 0 Å². The molecule has 2 aromatic carbocycles. The Balaban J connectivity index is 1.47. The topological polar surface area (TPSA) is 53.2 Å². The lowest BCUT2D eigenvalue weighted by atomic mass is 9.95. The third-order valence-corrected chi connectivity index (χ3v) is 4.79. The van der Waals surface area contributed by atoms with Crippen LogP contribution in [0.4, 0.5) is 17.1 Å². The first-order valence-electron chi connectivity index (χ1n) is 8.85. The molecule has 2 aromatic rings. The van der Waals surface area contributed by atoms with Gasteiger partial charge in [0.15, 0.2) is 0 Å². The van der Waals surface area contributed by atoms with Crippen LogP contribution in [-0.2, 0) is 4.79 Å². The Morgan fingerprint density at radius 3 is 2.36 bits per heavy atom. The van der Waals surface area contributed by atoms with E-state index in [-0.39, 0.29) is 12.5 Å². The Bertz CT molecular complexity index is 696. The van der Waals surface area contributed by atoms with Crippen molar-refractivity contribution in [3.05, 3.63) is 53.6 Å². The summed E-state index contributed by atoms with van der Waals surface area (Å²) >= 11 is 6.06. The molecule has 0 aromatic heterocycles. The van der Waals surface area contributed by atoms with Gasteiger partial charge >= 0.3 is 0 Å². The fourth-order valence-corrected chi connectivity index (χ4v) is 3.32. The number of nitrogens with one attached hydrogen (secondary N) is 3. The molecule has 25 heavy (non-hydrogen) atoms. The first kappa shape index (κ1) is 17.6. The molecule has 0 unspecified atom stereocenters. The van der Waals surface area contributed by atoms with Crippen LogP contribution in [0.2, 0.25) is 5.02 Å². The summed E-state index contributed by atoms with van der Waals surface area (Å²) in [7, 11) is 0. The Hall–Kier alpha value is -2.20. The van der Waals surface area contributed by atoms with Crippen molar-refractivity contribution in [1.82, 2.24) is 0 Å². The molecule has 1 fully saturated rings. The molecule has 0 bridgehead atoms. The molecule has 1 amide bonds. The summed E-state index contributed by atoms with van der Waals surface area (Å²) in [4.78, 5) is 12.1. The zero-order valence-corrected chi connectivity index (χ0v) is 15.0. The molecule has 0 saturated heterocycles. The molecule has 3 N–H and O–H groups in total. The number of amides is 1. The average Bonchev–Trinajstić information content (AvgIpc) is 2.64. The maximum atomic E-state index is 12.1. The third-order valence-electron chi connectivity index (χ3n) is 4.46. The van der Waals surface area contributed by atoms with E-state index in [1.165, 1.54) is 32.1 Å². The van der Waals surface area contributed by atoms with Gasteiger partial charge < -0.3 is 16.0 Å². The highest BCUT2D eigenvalue weighted by Gasteiger charge is 2.12. The highest BCUT2D eigenvalue weighted by Crippen LogP contribution is 2.23. The van der Waals surface area contributed by atoms with Gasteiger partial charge in [-0.1, -0.05) is 43.0 Å². The largest absolute Gasteiger partial charge is 0.382 e. The minimum atomic E-state index is -0.104. The summed E-state index contributed by atoms with van der Waals surface area (Å²) in [5, 5.41) is 10.1. The van der Waals surface area contributed by atoms with Gasteiger partial charge in [-0.3, -0.25) is 4.79 Å². The van der Waals surface area contributed by atoms with Gasteiger partial charge in [0.2, 0.25) is 5.91 Å². The summed E-state index contributed by atoms with van der Waals surface area (Å²) in [5.74, 6) is -0.104. The van der Waals surface area contributed by atoms with Crippen LogP contribution in [0.3, 0.4) is 0 Å². The summed E-state index contributed by atoms with van der Waals surface area (Å²) in [6.07, 6.45) is 6.46. The normalized spacial score (nSPS) is 14.8. The summed E-state index contributed by atoms with van der Waals surface area (Å²) in [6.45, 7) is 0.172. The van der Waals surface area contributed by atoms with Crippen LogP contribution in [0.25, 0.3) is 0 Å². The lowest BCUT2D eigenvalue weighted by molar-refractivity contribution is -0.114. The van der Waals surface area contributed by atoms with Gasteiger partial charge in [0.25, 0.3) is 0 Å². The van der Waals surface area contributed by atoms with Crippen molar-refractivity contribution in [3.8, 4) is 0 Å². The van der Waals surface area contributed by atoms with Gasteiger partial charge in [-0.05, 0) is 49.2 Å². The fourth-order valence-electron chi connectivity index (χ4n) is 3.12. The van der Waals surface area contributed by atoms with Crippen molar-refractivity contribution in [2.45, 2.75) is 38.1 Å². The molecule has 1 saturated carbocycles. The van der Waals surface area contributed by atoms with Crippen LogP contribution in [-0.4, -0.2) is 18.5 Å². The van der Waals surface area contributed by atoms with Crippen molar-refractivity contribution in [1.29, 1.82) is 0 Å². The van der Waals surface area contributed by atoms with Crippen molar-refractivity contribution >= 4 is 34.6 Å². The Morgan fingerprint density at radius 1 is 0.960 bits per heavy atom. The molecule has 0 heterocycles. The predicted octanol–water partition coefficient (Wildman–Crippen LogP) is 5.14. The smallest absolute Gasteiger partial charge is 0.243 e. The molecule has 0 spiro atoms. The standard InChI is InChI=1S/C20H24ClN3O/c21-18-8-4-5-9-19(18)22-14-20(25)24-17-12-10-16(11-13-17)23-15-6-2-1-3-7-15/h4-5,8-13,15,22-23H,1-3,6-7,14H2,(H,24,25). The maximum absolute atomic E-state index is 12.1. The first-order valence-corrected chi connectivity index (χ1v) is 9.23. The number of hydrogen-bond donors (Lipinski definition) is 3. The van der Waals surface area contributed by atoms with Gasteiger partial charge in [-0.15, -0.1) is 0 Å². The molecule has 0 aliphatic heterocycles. The molecule has 1 aliphatic carbocycles. The lowest BCUT2D eigenvalue weighted by Gasteiger charge is -2.23. The predicted molar refractivity (Wildman–Crippen MR) is 106 cm³/mol. The summed E-state index contributed by atoms with van der Waals surface area (Å²) in [6, 6.07) is 15.9. The van der Waals surface area contributed by atoms with Crippen LogP contribution >= 0.6 is 11.6 Å². The number of hydrogen-bond acceptors (Lipinski definition) is 3. The van der Waals surface area contributed by atoms with Gasteiger partial charge in [0, 0.05) is 17.4 Å². The van der Waals surface area contributed by atoms with Crippen LogP contribution in [0, 0.1) is 0 Å². The zero-order valence-electron chi connectivity index (χ0n) is 14.2. The molecule has 1 aliphatic rings. The summed E-state index contributed by atoms with van der Waals surface area (Å²) in [5.41, 5.74) is 2.66. The Kier molecular flexibility index (Phi) is 6.18. The highest BCUT2D eigenvalue weighted by atomic mass is 35.5. The van der Waals surface area contributed by atoms with E-state index < -0.39 is 0 Å². The number of carbonyl (C=O) groups is 1. The molecule has 5 heteroatoms. The van der Waals surface area contributed by atoms with Gasteiger partial charge in [-0.2, -0.15) is 0 Å². The molecule has 0 atom stereocenters. The first-order chi connectivity index (χ1) is 12.2. The molecule has 0 radical (unpaired) electrons. The number of para-hydroxylation sites is 1. The molecule has 132 valence electrons. The molecule has 3 rings (SSSR count). The SMILES string of the molecule is O=C(CNc1ccccc1Cl)Nc1ccc(NC2CCCCC2)cc1. The average molecular weight is 358 g/mol. The minimum Gasteiger partial charge on any atom is -0.382 e. The highest BCUT2D eigenvalue weighted by molar-refractivity contribution is 6.33. The van der Waals surface area contributed by atoms with E-state index >= 15 is 0 Å². The fraction of sp³-hybridized carbons (Fsp3) is 0.350. The second-order valence-corrected chi connectivity index (χ2v) is 6.85. The summed E-state index contributed by atoms with van der Waals surface area (Å²) < 4.78 is 0. The van der Waals surface area contributed by atoms with Crippen molar-refractivity contribution in [2.75, 3.05) is 22.5 Å². The Morgan fingerprint density at radius 2 is 1.64 bits per heavy atom. The number of rotatable bonds is 6. The Labute approximate surface area is 154 Å². The quantitative estimate of drug-likeness (QED) is 0.671. The van der Waals surface area contributed by atoms with Crippen LogP contribution in [0.15, 0.2) is 48.5 Å². The van der Waals surface area contributed by atoms with E-state index in [0.717, 1.165) is 17.1 Å². The maximum Gasteiger partial charge on any atom is 0.243 e. The van der Waals surface area contributed by atoms with E-state index in [1.54, 1.807) is 6.07 Å².